The van der Waals surface area contributed by atoms with E-state index in [0.29, 0.717) is 6.01 Å². The summed E-state index contributed by atoms with van der Waals surface area (Å²) in [5, 5.41) is 6.58. The topological polar surface area (TPSA) is 59.1 Å². The van der Waals surface area contributed by atoms with Crippen LogP contribution in [0.2, 0.25) is 0 Å². The van der Waals surface area contributed by atoms with Crippen LogP contribution in [0.3, 0.4) is 0 Å². The van der Waals surface area contributed by atoms with Crippen LogP contribution in [-0.4, -0.2) is 30.2 Å². The molecule has 1 aliphatic heterocycles. The van der Waals surface area contributed by atoms with Gasteiger partial charge in [-0.1, -0.05) is 0 Å². The highest BCUT2D eigenvalue weighted by Crippen LogP contribution is 2.25. The van der Waals surface area contributed by atoms with E-state index in [1.807, 2.05) is 0 Å². The SMILES string of the molecule is COc1nc2c(c(Nc3ccc(F)cc3)n1)CCNCC2. The zero-order valence-electron chi connectivity index (χ0n) is 11.8. The number of hydrogen-bond donors (Lipinski definition) is 2. The molecular weight excluding hydrogens is 271 g/mol. The molecule has 1 aliphatic rings. The highest BCUT2D eigenvalue weighted by Gasteiger charge is 2.17. The van der Waals surface area contributed by atoms with Gasteiger partial charge in [0.1, 0.15) is 11.6 Å². The third-order valence-electron chi connectivity index (χ3n) is 3.45. The van der Waals surface area contributed by atoms with Gasteiger partial charge in [0.15, 0.2) is 0 Å². The predicted molar refractivity (Wildman–Crippen MR) is 78.5 cm³/mol. The normalized spacial score (nSPS) is 14.2. The first-order chi connectivity index (χ1) is 10.3. The Labute approximate surface area is 122 Å². The summed E-state index contributed by atoms with van der Waals surface area (Å²) < 4.78 is 18.2. The largest absolute Gasteiger partial charge is 0.467 e. The van der Waals surface area contributed by atoms with Crippen LogP contribution in [0.25, 0.3) is 0 Å². The molecule has 3 rings (SSSR count). The van der Waals surface area contributed by atoms with Gasteiger partial charge in [0, 0.05) is 24.2 Å². The maximum absolute atomic E-state index is 13.0. The minimum Gasteiger partial charge on any atom is -0.467 e. The zero-order valence-corrected chi connectivity index (χ0v) is 11.8. The van der Waals surface area contributed by atoms with E-state index >= 15 is 0 Å². The Balaban J connectivity index is 1.97. The summed E-state index contributed by atoms with van der Waals surface area (Å²) in [5.74, 6) is 0.469. The number of rotatable bonds is 3. The van der Waals surface area contributed by atoms with Crippen LogP contribution in [0, 0.1) is 5.82 Å². The summed E-state index contributed by atoms with van der Waals surface area (Å²) in [7, 11) is 1.55. The van der Waals surface area contributed by atoms with Gasteiger partial charge in [0.2, 0.25) is 0 Å². The van der Waals surface area contributed by atoms with Crippen LogP contribution in [-0.2, 0) is 12.8 Å². The molecule has 0 fully saturated rings. The van der Waals surface area contributed by atoms with Gasteiger partial charge in [-0.2, -0.15) is 9.97 Å². The van der Waals surface area contributed by atoms with Crippen LogP contribution in [0.4, 0.5) is 15.9 Å². The minimum absolute atomic E-state index is 0.260. The molecule has 0 radical (unpaired) electrons. The molecule has 0 saturated carbocycles. The van der Waals surface area contributed by atoms with E-state index in [9.17, 15) is 4.39 Å². The number of hydrogen-bond acceptors (Lipinski definition) is 5. The first-order valence-corrected chi connectivity index (χ1v) is 6.93. The van der Waals surface area contributed by atoms with Crippen molar-refractivity contribution < 1.29 is 9.13 Å². The Bertz CT molecular complexity index is 630. The van der Waals surface area contributed by atoms with Gasteiger partial charge >= 0.3 is 6.01 Å². The van der Waals surface area contributed by atoms with Crippen molar-refractivity contribution in [3.63, 3.8) is 0 Å². The predicted octanol–water partition coefficient (Wildman–Crippen LogP) is 2.06. The number of methoxy groups -OCH3 is 1. The lowest BCUT2D eigenvalue weighted by molar-refractivity contribution is 0.378. The maximum Gasteiger partial charge on any atom is 0.318 e. The average Bonchev–Trinajstić information content (AvgIpc) is 2.75. The molecule has 6 heteroatoms. The number of nitrogens with zero attached hydrogens (tertiary/aromatic N) is 2. The zero-order chi connectivity index (χ0) is 14.7. The fourth-order valence-corrected chi connectivity index (χ4v) is 2.39. The van der Waals surface area contributed by atoms with Crippen molar-refractivity contribution in [1.29, 1.82) is 0 Å². The van der Waals surface area contributed by atoms with Crippen molar-refractivity contribution in [3.8, 4) is 6.01 Å². The molecule has 110 valence electrons. The molecule has 0 unspecified atom stereocenters. The van der Waals surface area contributed by atoms with E-state index in [1.54, 1.807) is 19.2 Å². The molecule has 1 aromatic heterocycles. The Morgan fingerprint density at radius 2 is 1.90 bits per heavy atom. The lowest BCUT2D eigenvalue weighted by atomic mass is 10.1. The van der Waals surface area contributed by atoms with E-state index in [-0.39, 0.29) is 5.82 Å². The number of halogens is 1. The number of aromatic nitrogens is 2. The van der Waals surface area contributed by atoms with Crippen molar-refractivity contribution in [3.05, 3.63) is 41.3 Å². The average molecular weight is 288 g/mol. The first-order valence-electron chi connectivity index (χ1n) is 6.93. The number of nitrogens with one attached hydrogen (secondary N) is 2. The lowest BCUT2D eigenvalue weighted by Gasteiger charge is -2.14. The van der Waals surface area contributed by atoms with Crippen LogP contribution in [0.15, 0.2) is 24.3 Å². The second-order valence-corrected chi connectivity index (χ2v) is 4.87. The summed E-state index contributed by atoms with van der Waals surface area (Å²) in [4.78, 5) is 8.83. The van der Waals surface area contributed by atoms with E-state index in [4.69, 9.17) is 4.74 Å². The number of fused-ring (bicyclic) bond motifs is 1. The summed E-state index contributed by atoms with van der Waals surface area (Å²) in [5.41, 5.74) is 2.87. The highest BCUT2D eigenvalue weighted by molar-refractivity contribution is 5.60. The molecule has 2 N–H and O–H groups in total. The monoisotopic (exact) mass is 288 g/mol. The number of anilines is 2. The molecule has 0 amide bonds. The fraction of sp³-hybridized carbons (Fsp3) is 0.333. The number of benzene rings is 1. The summed E-state index contributed by atoms with van der Waals surface area (Å²) >= 11 is 0. The second-order valence-electron chi connectivity index (χ2n) is 4.87. The van der Waals surface area contributed by atoms with Gasteiger partial charge in [-0.15, -0.1) is 0 Å². The molecule has 0 atom stereocenters. The quantitative estimate of drug-likeness (QED) is 0.905. The van der Waals surface area contributed by atoms with Gasteiger partial charge in [0.05, 0.1) is 12.8 Å². The molecule has 21 heavy (non-hydrogen) atoms. The Hall–Kier alpha value is -2.21. The molecular formula is C15H17FN4O. The van der Waals surface area contributed by atoms with Gasteiger partial charge in [0.25, 0.3) is 0 Å². The Kier molecular flexibility index (Phi) is 3.96. The van der Waals surface area contributed by atoms with E-state index < -0.39 is 0 Å². The van der Waals surface area contributed by atoms with Crippen molar-refractivity contribution in [2.75, 3.05) is 25.5 Å². The Morgan fingerprint density at radius 1 is 1.14 bits per heavy atom. The van der Waals surface area contributed by atoms with Crippen molar-refractivity contribution in [2.45, 2.75) is 12.8 Å². The van der Waals surface area contributed by atoms with Crippen LogP contribution >= 0.6 is 0 Å². The molecule has 0 spiro atoms. The van der Waals surface area contributed by atoms with Gasteiger partial charge in [-0.25, -0.2) is 4.39 Å². The van der Waals surface area contributed by atoms with Crippen molar-refractivity contribution in [1.82, 2.24) is 15.3 Å². The smallest absolute Gasteiger partial charge is 0.318 e. The highest BCUT2D eigenvalue weighted by atomic mass is 19.1. The van der Waals surface area contributed by atoms with E-state index in [0.717, 1.165) is 48.7 Å². The van der Waals surface area contributed by atoms with Crippen molar-refractivity contribution in [2.24, 2.45) is 0 Å². The third-order valence-corrected chi connectivity index (χ3v) is 3.45. The Morgan fingerprint density at radius 3 is 2.67 bits per heavy atom. The van der Waals surface area contributed by atoms with Crippen LogP contribution < -0.4 is 15.4 Å². The van der Waals surface area contributed by atoms with Crippen LogP contribution in [0.5, 0.6) is 6.01 Å². The molecule has 2 aromatic rings. The maximum atomic E-state index is 13.0. The molecule has 1 aromatic carbocycles. The second kappa shape index (κ2) is 6.05. The van der Waals surface area contributed by atoms with Crippen LogP contribution in [0.1, 0.15) is 11.3 Å². The lowest BCUT2D eigenvalue weighted by Crippen LogP contribution is -2.16. The van der Waals surface area contributed by atoms with E-state index in [1.165, 1.54) is 12.1 Å². The minimum atomic E-state index is -0.260. The summed E-state index contributed by atoms with van der Waals surface area (Å²) in [6.45, 7) is 1.78. The summed E-state index contributed by atoms with van der Waals surface area (Å²) in [6.07, 6.45) is 1.69. The first kappa shape index (κ1) is 13.8. The van der Waals surface area contributed by atoms with Gasteiger partial charge in [-0.3, -0.25) is 0 Å². The summed E-state index contributed by atoms with van der Waals surface area (Å²) in [6, 6.07) is 6.55. The molecule has 0 bridgehead atoms. The number of ether oxygens (including phenoxy) is 1. The third kappa shape index (κ3) is 3.11. The molecule has 0 saturated heterocycles. The van der Waals surface area contributed by atoms with Crippen molar-refractivity contribution >= 4 is 11.5 Å². The molecule has 2 heterocycles. The molecule has 5 nitrogen and oxygen atoms in total. The van der Waals surface area contributed by atoms with Gasteiger partial charge < -0.3 is 15.4 Å². The standard InChI is InChI=1S/C15H17FN4O/c1-21-15-19-13-7-9-17-8-6-12(13)14(20-15)18-11-4-2-10(16)3-5-11/h2-5,17H,6-9H2,1H3,(H,18,19,20). The molecule has 0 aliphatic carbocycles. The van der Waals surface area contributed by atoms with E-state index in [2.05, 4.69) is 20.6 Å². The fourth-order valence-electron chi connectivity index (χ4n) is 2.39. The van der Waals surface area contributed by atoms with Gasteiger partial charge in [-0.05, 0) is 37.2 Å².